The molecular weight excluding hydrogens is 262 g/mol. The van der Waals surface area contributed by atoms with Crippen LogP contribution in [0.1, 0.15) is 11.3 Å². The van der Waals surface area contributed by atoms with Gasteiger partial charge in [0, 0.05) is 31.5 Å². The molecule has 5 heteroatoms. The third-order valence-electron chi connectivity index (χ3n) is 3.24. The molecule has 0 radical (unpaired) electrons. The maximum absolute atomic E-state index is 4.56. The number of hydrogen-bond donors (Lipinski definition) is 1. The molecule has 0 saturated heterocycles. The predicted molar refractivity (Wildman–Crippen MR) is 82.7 cm³/mol. The van der Waals surface area contributed by atoms with E-state index in [1.807, 2.05) is 44.4 Å². The number of anilines is 1. The molecule has 2 heterocycles. The van der Waals surface area contributed by atoms with Gasteiger partial charge in [0.15, 0.2) is 0 Å². The summed E-state index contributed by atoms with van der Waals surface area (Å²) in [5.74, 6) is 0.625. The Balaban J connectivity index is 1.79. The maximum atomic E-state index is 4.56. The summed E-state index contributed by atoms with van der Waals surface area (Å²) in [4.78, 5) is 8.82. The van der Waals surface area contributed by atoms with Gasteiger partial charge in [-0.1, -0.05) is 30.3 Å². The zero-order valence-corrected chi connectivity index (χ0v) is 12.1. The van der Waals surface area contributed by atoms with Crippen LogP contribution in [0.5, 0.6) is 0 Å². The summed E-state index contributed by atoms with van der Waals surface area (Å²) >= 11 is 0. The van der Waals surface area contributed by atoms with Crippen molar-refractivity contribution in [3.05, 3.63) is 60.0 Å². The maximum Gasteiger partial charge on any atom is 0.223 e. The van der Waals surface area contributed by atoms with Crippen LogP contribution < -0.4 is 5.32 Å². The average Bonchev–Trinajstić information content (AvgIpc) is 2.85. The number of aryl methyl sites for hydroxylation is 2. The first-order chi connectivity index (χ1) is 10.2. The largest absolute Gasteiger partial charge is 0.350 e. The molecule has 0 amide bonds. The predicted octanol–water partition coefficient (Wildman–Crippen LogP) is 2.80. The minimum Gasteiger partial charge on any atom is -0.350 e. The summed E-state index contributed by atoms with van der Waals surface area (Å²) in [5, 5.41) is 7.59. The molecule has 21 heavy (non-hydrogen) atoms. The van der Waals surface area contributed by atoms with Crippen LogP contribution in [-0.4, -0.2) is 19.7 Å². The van der Waals surface area contributed by atoms with Gasteiger partial charge in [0.25, 0.3) is 0 Å². The Kier molecular flexibility index (Phi) is 3.64. The number of nitrogens with one attached hydrogen (secondary N) is 1. The van der Waals surface area contributed by atoms with Gasteiger partial charge < -0.3 is 5.32 Å². The Bertz CT molecular complexity index is 733. The summed E-state index contributed by atoms with van der Waals surface area (Å²) in [6.07, 6.45) is 3.74. The molecule has 0 saturated carbocycles. The van der Waals surface area contributed by atoms with Gasteiger partial charge in [0.2, 0.25) is 5.95 Å². The third-order valence-corrected chi connectivity index (χ3v) is 3.24. The molecule has 3 rings (SSSR count). The van der Waals surface area contributed by atoms with Crippen LogP contribution in [0.2, 0.25) is 0 Å². The Morgan fingerprint density at radius 1 is 1.14 bits per heavy atom. The summed E-state index contributed by atoms with van der Waals surface area (Å²) in [6.45, 7) is 2.69. The molecule has 0 aliphatic heterocycles. The van der Waals surface area contributed by atoms with Gasteiger partial charge in [-0.25, -0.2) is 9.97 Å². The van der Waals surface area contributed by atoms with Crippen LogP contribution in [0.15, 0.2) is 48.8 Å². The fraction of sp³-hybridized carbons (Fsp3) is 0.188. The van der Waals surface area contributed by atoms with Crippen molar-refractivity contribution in [1.82, 2.24) is 19.7 Å². The minimum absolute atomic E-state index is 0.625. The monoisotopic (exact) mass is 279 g/mol. The first kappa shape index (κ1) is 13.3. The van der Waals surface area contributed by atoms with Crippen LogP contribution in [-0.2, 0) is 13.6 Å². The van der Waals surface area contributed by atoms with Crippen molar-refractivity contribution >= 4 is 5.95 Å². The third kappa shape index (κ3) is 3.08. The second-order valence-electron chi connectivity index (χ2n) is 4.91. The van der Waals surface area contributed by atoms with Crippen LogP contribution in [0.4, 0.5) is 5.95 Å². The van der Waals surface area contributed by atoms with Gasteiger partial charge in [-0.2, -0.15) is 5.10 Å². The summed E-state index contributed by atoms with van der Waals surface area (Å²) in [7, 11) is 1.91. The first-order valence-corrected chi connectivity index (χ1v) is 6.84. The number of nitrogens with zero attached hydrogens (tertiary/aromatic N) is 4. The van der Waals surface area contributed by atoms with Crippen molar-refractivity contribution < 1.29 is 0 Å². The molecule has 1 aromatic carbocycles. The molecule has 0 aliphatic carbocycles. The molecule has 2 aromatic heterocycles. The van der Waals surface area contributed by atoms with E-state index >= 15 is 0 Å². The molecular formula is C16H17N5. The standard InChI is InChI=1S/C16H17N5/c1-12-14(11-21(2)20-12)15-8-9-17-16(19-15)18-10-13-6-4-3-5-7-13/h3-9,11H,10H2,1-2H3,(H,17,18,19). The number of aromatic nitrogens is 4. The van der Waals surface area contributed by atoms with Crippen molar-refractivity contribution in [3.8, 4) is 11.3 Å². The number of rotatable bonds is 4. The lowest BCUT2D eigenvalue weighted by Crippen LogP contribution is -2.03. The molecule has 0 aliphatic rings. The van der Waals surface area contributed by atoms with E-state index in [9.17, 15) is 0 Å². The molecule has 0 bridgehead atoms. The molecule has 0 spiro atoms. The fourth-order valence-electron chi connectivity index (χ4n) is 2.22. The molecule has 0 fully saturated rings. The molecule has 0 atom stereocenters. The highest BCUT2D eigenvalue weighted by Gasteiger charge is 2.08. The lowest BCUT2D eigenvalue weighted by molar-refractivity contribution is 0.756. The normalized spacial score (nSPS) is 10.6. The second kappa shape index (κ2) is 5.75. The molecule has 0 unspecified atom stereocenters. The SMILES string of the molecule is Cc1nn(C)cc1-c1ccnc(NCc2ccccc2)n1. The van der Waals surface area contributed by atoms with Crippen LogP contribution in [0.3, 0.4) is 0 Å². The quantitative estimate of drug-likeness (QED) is 0.798. The van der Waals surface area contributed by atoms with Crippen LogP contribution >= 0.6 is 0 Å². The lowest BCUT2D eigenvalue weighted by Gasteiger charge is -2.06. The number of hydrogen-bond acceptors (Lipinski definition) is 4. The average molecular weight is 279 g/mol. The van der Waals surface area contributed by atoms with Gasteiger partial charge in [-0.3, -0.25) is 4.68 Å². The van der Waals surface area contributed by atoms with Crippen molar-refractivity contribution in [1.29, 1.82) is 0 Å². The van der Waals surface area contributed by atoms with E-state index in [1.54, 1.807) is 10.9 Å². The highest BCUT2D eigenvalue weighted by Crippen LogP contribution is 2.20. The van der Waals surface area contributed by atoms with E-state index in [2.05, 4.69) is 32.5 Å². The van der Waals surface area contributed by atoms with E-state index < -0.39 is 0 Å². The highest BCUT2D eigenvalue weighted by atomic mass is 15.3. The van der Waals surface area contributed by atoms with Gasteiger partial charge in [-0.05, 0) is 18.6 Å². The summed E-state index contributed by atoms with van der Waals surface area (Å²) in [6, 6.07) is 12.1. The molecule has 3 aromatic rings. The van der Waals surface area contributed by atoms with E-state index in [-0.39, 0.29) is 0 Å². The zero-order chi connectivity index (χ0) is 14.7. The van der Waals surface area contributed by atoms with Crippen LogP contribution in [0.25, 0.3) is 11.3 Å². The Labute approximate surface area is 123 Å². The summed E-state index contributed by atoms with van der Waals surface area (Å²) in [5.41, 5.74) is 4.07. The molecule has 106 valence electrons. The van der Waals surface area contributed by atoms with E-state index in [0.29, 0.717) is 12.5 Å². The Morgan fingerprint density at radius 3 is 2.67 bits per heavy atom. The Morgan fingerprint density at radius 2 is 1.95 bits per heavy atom. The van der Waals surface area contributed by atoms with E-state index in [1.165, 1.54) is 5.56 Å². The first-order valence-electron chi connectivity index (χ1n) is 6.84. The second-order valence-corrected chi connectivity index (χ2v) is 4.91. The van der Waals surface area contributed by atoms with Gasteiger partial charge in [0.1, 0.15) is 0 Å². The van der Waals surface area contributed by atoms with Crippen LogP contribution in [0, 0.1) is 6.92 Å². The number of benzene rings is 1. The smallest absolute Gasteiger partial charge is 0.223 e. The summed E-state index contributed by atoms with van der Waals surface area (Å²) < 4.78 is 1.80. The lowest BCUT2D eigenvalue weighted by atomic mass is 10.2. The Hall–Kier alpha value is -2.69. The van der Waals surface area contributed by atoms with Crippen molar-refractivity contribution in [2.24, 2.45) is 7.05 Å². The van der Waals surface area contributed by atoms with E-state index in [0.717, 1.165) is 17.0 Å². The van der Waals surface area contributed by atoms with Gasteiger partial charge in [-0.15, -0.1) is 0 Å². The van der Waals surface area contributed by atoms with E-state index in [4.69, 9.17) is 0 Å². The molecule has 1 N–H and O–H groups in total. The topological polar surface area (TPSA) is 55.6 Å². The van der Waals surface area contributed by atoms with Crippen molar-refractivity contribution in [3.63, 3.8) is 0 Å². The van der Waals surface area contributed by atoms with Crippen molar-refractivity contribution in [2.75, 3.05) is 5.32 Å². The fourth-order valence-corrected chi connectivity index (χ4v) is 2.22. The zero-order valence-electron chi connectivity index (χ0n) is 12.1. The van der Waals surface area contributed by atoms with Gasteiger partial charge >= 0.3 is 0 Å². The minimum atomic E-state index is 0.625. The molecule has 5 nitrogen and oxygen atoms in total. The van der Waals surface area contributed by atoms with Crippen molar-refractivity contribution in [2.45, 2.75) is 13.5 Å². The van der Waals surface area contributed by atoms with Gasteiger partial charge in [0.05, 0.1) is 11.4 Å². The highest BCUT2D eigenvalue weighted by molar-refractivity contribution is 5.61.